The van der Waals surface area contributed by atoms with Gasteiger partial charge in [0.15, 0.2) is 0 Å². The number of aliphatic hydroxyl groups is 1. The zero-order valence-corrected chi connectivity index (χ0v) is 9.42. The summed E-state index contributed by atoms with van der Waals surface area (Å²) in [4.78, 5) is 10.7. The van der Waals surface area contributed by atoms with Crippen LogP contribution >= 0.6 is 0 Å². The fourth-order valence-corrected chi connectivity index (χ4v) is 0.988. The van der Waals surface area contributed by atoms with Crippen molar-refractivity contribution in [1.29, 1.82) is 0 Å². The summed E-state index contributed by atoms with van der Waals surface area (Å²) in [5, 5.41) is 9.59. The molecule has 0 aromatic heterocycles. The molecule has 4 nitrogen and oxygen atoms in total. The van der Waals surface area contributed by atoms with E-state index in [1.807, 2.05) is 6.92 Å². The molecule has 0 bridgehead atoms. The molecular weight excluding hydrogens is 208 g/mol. The molecule has 0 spiro atoms. The Balaban J connectivity index is 2.28. The monoisotopic (exact) mass is 224 g/mol. The number of esters is 1. The Kier molecular flexibility index (Phi) is 4.46. The number of carbonyl (C=O) groups is 1. The Morgan fingerprint density at radius 2 is 2.06 bits per heavy atom. The van der Waals surface area contributed by atoms with Crippen molar-refractivity contribution >= 4 is 5.97 Å². The van der Waals surface area contributed by atoms with Gasteiger partial charge in [0.1, 0.15) is 11.7 Å². The third-order valence-electron chi connectivity index (χ3n) is 2.29. The number of hydrogen-bond acceptors (Lipinski definition) is 4. The molecule has 0 aliphatic carbocycles. The molecule has 1 heterocycles. The largest absolute Gasteiger partial charge is 0.466 e. The van der Waals surface area contributed by atoms with Crippen LogP contribution in [0.25, 0.3) is 0 Å². The quantitative estimate of drug-likeness (QED) is 0.327. The van der Waals surface area contributed by atoms with Crippen LogP contribution in [0.4, 0.5) is 0 Å². The predicted octanol–water partition coefficient (Wildman–Crippen LogP) is 0.978. The molecule has 4 heteroatoms. The van der Waals surface area contributed by atoms with Crippen LogP contribution in [-0.4, -0.2) is 36.5 Å². The molecule has 0 aromatic rings. The van der Waals surface area contributed by atoms with Gasteiger partial charge in [-0.3, -0.25) is 0 Å². The first-order valence-corrected chi connectivity index (χ1v) is 5.00. The number of epoxide rings is 1. The van der Waals surface area contributed by atoms with E-state index in [2.05, 4.69) is 4.74 Å². The van der Waals surface area contributed by atoms with Crippen molar-refractivity contribution in [2.45, 2.75) is 18.6 Å². The minimum Gasteiger partial charge on any atom is -0.466 e. The highest BCUT2D eigenvalue weighted by molar-refractivity contribution is 5.82. The van der Waals surface area contributed by atoms with Crippen molar-refractivity contribution in [3.8, 4) is 0 Å². The predicted molar refractivity (Wildman–Crippen MR) is 59.8 cm³/mol. The average Bonchev–Trinajstić information content (AvgIpc) is 3.02. The van der Waals surface area contributed by atoms with Crippen LogP contribution in [0, 0.1) is 0 Å². The van der Waals surface area contributed by atoms with E-state index in [0.29, 0.717) is 6.61 Å². The summed E-state index contributed by atoms with van der Waals surface area (Å²) in [5.74, 6) is -0.396. The summed E-state index contributed by atoms with van der Waals surface area (Å²) in [7, 11) is 1.32. The number of ether oxygens (including phenoxy) is 2. The van der Waals surface area contributed by atoms with E-state index in [-0.39, 0.29) is 0 Å². The van der Waals surface area contributed by atoms with Crippen LogP contribution in [0.2, 0.25) is 0 Å². The minimum absolute atomic E-state index is 0.396. The van der Waals surface area contributed by atoms with Crippen LogP contribution in [0.15, 0.2) is 36.5 Å². The molecule has 0 radical (unpaired) electrons. The second-order valence-corrected chi connectivity index (χ2v) is 3.70. The third kappa shape index (κ3) is 4.00. The van der Waals surface area contributed by atoms with Gasteiger partial charge in [0.2, 0.25) is 0 Å². The molecule has 1 N–H and O–H groups in total. The number of carbonyl (C=O) groups excluding carboxylic acids is 1. The number of aliphatic hydroxyl groups excluding tert-OH is 1. The van der Waals surface area contributed by atoms with Crippen molar-refractivity contribution in [2.24, 2.45) is 0 Å². The van der Waals surface area contributed by atoms with E-state index >= 15 is 0 Å². The Morgan fingerprint density at radius 3 is 2.62 bits per heavy atom. The fourth-order valence-electron chi connectivity index (χ4n) is 0.988. The highest BCUT2D eigenvalue weighted by atomic mass is 16.6. The molecule has 2 atom stereocenters. The van der Waals surface area contributed by atoms with E-state index in [9.17, 15) is 9.90 Å². The van der Waals surface area contributed by atoms with Gasteiger partial charge in [-0.05, 0) is 6.92 Å². The second kappa shape index (κ2) is 5.63. The van der Waals surface area contributed by atoms with E-state index in [4.69, 9.17) is 4.74 Å². The van der Waals surface area contributed by atoms with Crippen molar-refractivity contribution < 1.29 is 19.4 Å². The van der Waals surface area contributed by atoms with Crippen molar-refractivity contribution in [1.82, 2.24) is 0 Å². The maximum Gasteiger partial charge on any atom is 0.330 e. The maximum absolute atomic E-state index is 10.7. The SMILES string of the molecule is COC(=O)/C=C/C=C\C=C\[C@@H](O)[C@]1(C)CO1. The topological polar surface area (TPSA) is 59.1 Å². The highest BCUT2D eigenvalue weighted by Crippen LogP contribution is 2.30. The molecule has 1 aliphatic rings. The van der Waals surface area contributed by atoms with Gasteiger partial charge >= 0.3 is 5.97 Å². The van der Waals surface area contributed by atoms with Crippen LogP contribution in [0.1, 0.15) is 6.92 Å². The molecule has 1 saturated heterocycles. The highest BCUT2D eigenvalue weighted by Gasteiger charge is 2.45. The van der Waals surface area contributed by atoms with E-state index in [0.717, 1.165) is 0 Å². The zero-order valence-electron chi connectivity index (χ0n) is 9.42. The lowest BCUT2D eigenvalue weighted by Crippen LogP contribution is -2.23. The van der Waals surface area contributed by atoms with Gasteiger partial charge in [-0.2, -0.15) is 0 Å². The molecule has 0 saturated carbocycles. The molecule has 16 heavy (non-hydrogen) atoms. The maximum atomic E-state index is 10.7. The Morgan fingerprint density at radius 1 is 1.44 bits per heavy atom. The van der Waals surface area contributed by atoms with E-state index < -0.39 is 17.7 Å². The number of rotatable bonds is 5. The molecule has 0 aromatic carbocycles. The average molecular weight is 224 g/mol. The summed E-state index contributed by atoms with van der Waals surface area (Å²) < 4.78 is 9.50. The molecule has 1 aliphatic heterocycles. The van der Waals surface area contributed by atoms with Crippen LogP contribution < -0.4 is 0 Å². The smallest absolute Gasteiger partial charge is 0.330 e. The lowest BCUT2D eigenvalue weighted by Gasteiger charge is -2.08. The van der Waals surface area contributed by atoms with Crippen LogP contribution in [-0.2, 0) is 14.3 Å². The van der Waals surface area contributed by atoms with Gasteiger partial charge in [0, 0.05) is 6.08 Å². The molecule has 1 rings (SSSR count). The van der Waals surface area contributed by atoms with E-state index in [1.54, 1.807) is 30.4 Å². The Hall–Kier alpha value is -1.39. The second-order valence-electron chi connectivity index (χ2n) is 3.70. The van der Waals surface area contributed by atoms with E-state index in [1.165, 1.54) is 13.2 Å². The first-order chi connectivity index (χ1) is 7.58. The van der Waals surface area contributed by atoms with Gasteiger partial charge in [-0.15, -0.1) is 0 Å². The zero-order chi connectivity index (χ0) is 12.0. The van der Waals surface area contributed by atoms with Crippen molar-refractivity contribution in [3.05, 3.63) is 36.5 Å². The van der Waals surface area contributed by atoms with Crippen molar-refractivity contribution in [3.63, 3.8) is 0 Å². The normalized spacial score (nSPS) is 26.7. The number of hydrogen-bond donors (Lipinski definition) is 1. The Bertz CT molecular complexity index is 324. The third-order valence-corrected chi connectivity index (χ3v) is 2.29. The van der Waals surface area contributed by atoms with Crippen molar-refractivity contribution in [2.75, 3.05) is 13.7 Å². The summed E-state index contributed by atoms with van der Waals surface area (Å²) in [6.07, 6.45) is 9.03. The lowest BCUT2D eigenvalue weighted by atomic mass is 10.1. The summed E-state index contributed by atoms with van der Waals surface area (Å²) in [6, 6.07) is 0. The molecule has 0 amide bonds. The van der Waals surface area contributed by atoms with Crippen LogP contribution in [0.3, 0.4) is 0 Å². The molecule has 1 fully saturated rings. The standard InChI is InChI=1S/C12H16O4/c1-12(9-16-12)10(13)7-5-3-4-6-8-11(14)15-2/h3-8,10,13H,9H2,1-2H3/b4-3-,7-5+,8-6+/t10-,12+/m1/s1. The minimum atomic E-state index is -0.596. The molecular formula is C12H16O4. The number of allylic oxidation sites excluding steroid dienone is 4. The van der Waals surface area contributed by atoms with Gasteiger partial charge in [-0.25, -0.2) is 4.79 Å². The summed E-state index contributed by atoms with van der Waals surface area (Å²) in [5.41, 5.74) is -0.411. The van der Waals surface area contributed by atoms with Crippen LogP contribution in [0.5, 0.6) is 0 Å². The van der Waals surface area contributed by atoms with Gasteiger partial charge in [0.25, 0.3) is 0 Å². The summed E-state index contributed by atoms with van der Waals surface area (Å²) in [6.45, 7) is 2.44. The first kappa shape index (κ1) is 12.7. The van der Waals surface area contributed by atoms with Gasteiger partial charge in [0.05, 0.1) is 13.7 Å². The lowest BCUT2D eigenvalue weighted by molar-refractivity contribution is -0.134. The summed E-state index contributed by atoms with van der Waals surface area (Å²) >= 11 is 0. The molecule has 88 valence electrons. The Labute approximate surface area is 94.9 Å². The number of methoxy groups -OCH3 is 1. The first-order valence-electron chi connectivity index (χ1n) is 5.00. The van der Waals surface area contributed by atoms with Gasteiger partial charge < -0.3 is 14.6 Å². The van der Waals surface area contributed by atoms with Gasteiger partial charge in [-0.1, -0.05) is 30.4 Å². The molecule has 0 unspecified atom stereocenters. The fraction of sp³-hybridized carbons (Fsp3) is 0.417.